The normalized spacial score (nSPS) is 12.7. The summed E-state index contributed by atoms with van der Waals surface area (Å²) in [5, 5.41) is 5.46. The summed E-state index contributed by atoms with van der Waals surface area (Å²) in [6.45, 7) is 0.738. The molecule has 10 heteroatoms. The molecular formula is C21H27N3O7. The van der Waals surface area contributed by atoms with E-state index in [-0.39, 0.29) is 43.1 Å². The Morgan fingerprint density at radius 1 is 0.871 bits per heavy atom. The number of imide groups is 1. The molecule has 10 nitrogen and oxygen atoms in total. The van der Waals surface area contributed by atoms with Crippen molar-refractivity contribution in [3.05, 3.63) is 29.8 Å². The molecule has 2 N–H and O–H groups in total. The Kier molecular flexibility index (Phi) is 8.86. The van der Waals surface area contributed by atoms with Crippen LogP contribution in [-0.2, 0) is 14.4 Å². The van der Waals surface area contributed by atoms with Gasteiger partial charge in [-0.05, 0) is 25.0 Å². The van der Waals surface area contributed by atoms with E-state index in [0.29, 0.717) is 42.2 Å². The van der Waals surface area contributed by atoms with E-state index in [9.17, 15) is 19.2 Å². The fraction of sp³-hybridized carbons (Fsp3) is 0.429. The first-order valence-electron chi connectivity index (χ1n) is 9.79. The highest BCUT2D eigenvalue weighted by Gasteiger charge is 2.22. The molecule has 0 bridgehead atoms. The van der Waals surface area contributed by atoms with Crippen LogP contribution in [0.5, 0.6) is 17.2 Å². The quantitative estimate of drug-likeness (QED) is 0.366. The van der Waals surface area contributed by atoms with Crippen LogP contribution in [-0.4, -0.2) is 69.5 Å². The number of nitrogens with one attached hydrogen (secondary N) is 2. The van der Waals surface area contributed by atoms with Crippen molar-refractivity contribution in [2.45, 2.75) is 19.3 Å². The summed E-state index contributed by atoms with van der Waals surface area (Å²) in [5.41, 5.74) is 0.368. The van der Waals surface area contributed by atoms with Gasteiger partial charge in [0, 0.05) is 43.8 Å². The number of rotatable bonds is 12. The maximum atomic E-state index is 12.4. The first-order chi connectivity index (χ1) is 14.9. The van der Waals surface area contributed by atoms with E-state index in [2.05, 4.69) is 10.6 Å². The van der Waals surface area contributed by atoms with Gasteiger partial charge in [-0.3, -0.25) is 24.1 Å². The van der Waals surface area contributed by atoms with E-state index >= 15 is 0 Å². The second kappa shape index (κ2) is 11.6. The van der Waals surface area contributed by atoms with Crippen molar-refractivity contribution in [3.63, 3.8) is 0 Å². The maximum absolute atomic E-state index is 12.4. The summed E-state index contributed by atoms with van der Waals surface area (Å²) in [6.07, 6.45) is 3.87. The van der Waals surface area contributed by atoms with E-state index in [1.165, 1.54) is 33.5 Å². The zero-order chi connectivity index (χ0) is 22.8. The van der Waals surface area contributed by atoms with Crippen LogP contribution in [0.1, 0.15) is 29.6 Å². The largest absolute Gasteiger partial charge is 0.493 e. The van der Waals surface area contributed by atoms with Gasteiger partial charge in [0.1, 0.15) is 0 Å². The van der Waals surface area contributed by atoms with Crippen molar-refractivity contribution in [2.75, 3.05) is 41.0 Å². The van der Waals surface area contributed by atoms with Crippen molar-refractivity contribution in [1.29, 1.82) is 0 Å². The Labute approximate surface area is 180 Å². The molecule has 0 aromatic heterocycles. The molecule has 1 aromatic rings. The minimum atomic E-state index is -0.373. The molecule has 0 atom stereocenters. The fourth-order valence-corrected chi connectivity index (χ4v) is 2.97. The number of carbonyl (C=O) groups excluding carboxylic acids is 4. The number of ether oxygens (including phenoxy) is 3. The Balaban J connectivity index is 1.68. The lowest BCUT2D eigenvalue weighted by molar-refractivity contribution is -0.137. The van der Waals surface area contributed by atoms with E-state index in [0.717, 1.165) is 4.90 Å². The summed E-state index contributed by atoms with van der Waals surface area (Å²) < 4.78 is 15.7. The van der Waals surface area contributed by atoms with Gasteiger partial charge in [0.05, 0.1) is 21.3 Å². The van der Waals surface area contributed by atoms with Gasteiger partial charge in [0.25, 0.3) is 17.7 Å². The molecule has 0 aliphatic carbocycles. The van der Waals surface area contributed by atoms with Crippen LogP contribution >= 0.6 is 0 Å². The number of hydrogen-bond acceptors (Lipinski definition) is 7. The third-order valence-corrected chi connectivity index (χ3v) is 4.60. The third kappa shape index (κ3) is 6.46. The van der Waals surface area contributed by atoms with Crippen LogP contribution in [0.4, 0.5) is 0 Å². The van der Waals surface area contributed by atoms with Crippen molar-refractivity contribution >= 4 is 23.6 Å². The molecule has 4 amide bonds. The minimum Gasteiger partial charge on any atom is -0.493 e. The molecule has 0 saturated carbocycles. The van der Waals surface area contributed by atoms with Gasteiger partial charge >= 0.3 is 0 Å². The van der Waals surface area contributed by atoms with E-state index in [1.54, 1.807) is 12.1 Å². The first kappa shape index (κ1) is 23.7. The third-order valence-electron chi connectivity index (χ3n) is 4.60. The Morgan fingerprint density at radius 3 is 2.03 bits per heavy atom. The van der Waals surface area contributed by atoms with E-state index < -0.39 is 0 Å². The van der Waals surface area contributed by atoms with Crippen LogP contribution in [0, 0.1) is 0 Å². The summed E-state index contributed by atoms with van der Waals surface area (Å²) >= 11 is 0. The Bertz CT molecular complexity index is 824. The molecule has 0 radical (unpaired) electrons. The van der Waals surface area contributed by atoms with Crippen molar-refractivity contribution < 1.29 is 33.4 Å². The fourth-order valence-electron chi connectivity index (χ4n) is 2.97. The predicted octanol–water partition coefficient (Wildman–Crippen LogP) is 0.654. The van der Waals surface area contributed by atoms with E-state index in [1.807, 2.05) is 0 Å². The molecule has 168 valence electrons. The highest BCUT2D eigenvalue weighted by atomic mass is 16.5. The highest BCUT2D eigenvalue weighted by molar-refractivity contribution is 6.12. The molecule has 0 saturated heterocycles. The SMILES string of the molecule is COc1cc(C(=O)NCCCCC(=O)NCCN2C(=O)C=CC2=O)cc(OC)c1OC. The van der Waals surface area contributed by atoms with Gasteiger partial charge in [-0.2, -0.15) is 0 Å². The van der Waals surface area contributed by atoms with Gasteiger partial charge in [0.15, 0.2) is 11.5 Å². The topological polar surface area (TPSA) is 123 Å². The molecule has 1 heterocycles. The van der Waals surface area contributed by atoms with Crippen molar-refractivity contribution in [2.24, 2.45) is 0 Å². The van der Waals surface area contributed by atoms with Crippen molar-refractivity contribution in [3.8, 4) is 17.2 Å². The summed E-state index contributed by atoms with van der Waals surface area (Å²) in [7, 11) is 4.43. The maximum Gasteiger partial charge on any atom is 0.253 e. The van der Waals surface area contributed by atoms with Gasteiger partial charge in [-0.15, -0.1) is 0 Å². The monoisotopic (exact) mass is 433 g/mol. The number of nitrogens with zero attached hydrogens (tertiary/aromatic N) is 1. The predicted molar refractivity (Wildman–Crippen MR) is 111 cm³/mol. The standard InChI is InChI=1S/C21H27N3O7/c1-29-15-12-14(13-16(30-2)20(15)31-3)21(28)23-9-5-4-6-17(25)22-10-11-24-18(26)7-8-19(24)27/h7-8,12-13H,4-6,9-11H2,1-3H3,(H,22,25)(H,23,28). The number of benzene rings is 1. The van der Waals surface area contributed by atoms with Gasteiger partial charge in [-0.1, -0.05) is 0 Å². The summed E-state index contributed by atoms with van der Waals surface area (Å²) in [6, 6.07) is 3.13. The van der Waals surface area contributed by atoms with Gasteiger partial charge in [-0.25, -0.2) is 0 Å². The number of unbranched alkanes of at least 4 members (excludes halogenated alkanes) is 1. The molecule has 0 unspecified atom stereocenters. The summed E-state index contributed by atoms with van der Waals surface area (Å²) in [4.78, 5) is 48.1. The van der Waals surface area contributed by atoms with Crippen LogP contribution in [0.3, 0.4) is 0 Å². The molecule has 0 fully saturated rings. The molecule has 0 spiro atoms. The first-order valence-corrected chi connectivity index (χ1v) is 9.79. The molecule has 1 aliphatic rings. The molecule has 2 rings (SSSR count). The Hall–Kier alpha value is -3.56. The lowest BCUT2D eigenvalue weighted by Crippen LogP contribution is -2.38. The lowest BCUT2D eigenvalue weighted by atomic mass is 10.1. The average molecular weight is 433 g/mol. The van der Waals surface area contributed by atoms with Crippen LogP contribution < -0.4 is 24.8 Å². The Morgan fingerprint density at radius 2 is 1.48 bits per heavy atom. The van der Waals surface area contributed by atoms with E-state index in [4.69, 9.17) is 14.2 Å². The highest BCUT2D eigenvalue weighted by Crippen LogP contribution is 2.38. The number of carbonyl (C=O) groups is 4. The molecule has 31 heavy (non-hydrogen) atoms. The van der Waals surface area contributed by atoms with Crippen LogP contribution in [0.25, 0.3) is 0 Å². The van der Waals surface area contributed by atoms with Gasteiger partial charge < -0.3 is 24.8 Å². The van der Waals surface area contributed by atoms with Crippen molar-refractivity contribution in [1.82, 2.24) is 15.5 Å². The molecular weight excluding hydrogens is 406 g/mol. The lowest BCUT2D eigenvalue weighted by Gasteiger charge is -2.14. The second-order valence-corrected chi connectivity index (χ2v) is 6.64. The summed E-state index contributed by atoms with van der Waals surface area (Å²) in [5.74, 6) is -0.0414. The van der Waals surface area contributed by atoms with Crippen LogP contribution in [0.15, 0.2) is 24.3 Å². The molecule has 1 aliphatic heterocycles. The zero-order valence-electron chi connectivity index (χ0n) is 17.9. The molecule has 1 aromatic carbocycles. The average Bonchev–Trinajstić information content (AvgIpc) is 3.09. The zero-order valence-corrected chi connectivity index (χ0v) is 17.9. The number of amides is 4. The van der Waals surface area contributed by atoms with Gasteiger partial charge in [0.2, 0.25) is 11.7 Å². The second-order valence-electron chi connectivity index (χ2n) is 6.64. The minimum absolute atomic E-state index is 0.140. The smallest absolute Gasteiger partial charge is 0.253 e. The number of methoxy groups -OCH3 is 3. The number of hydrogen-bond donors (Lipinski definition) is 2. The van der Waals surface area contributed by atoms with Crippen LogP contribution in [0.2, 0.25) is 0 Å².